The maximum Gasteiger partial charge on any atom is 0.414 e. The van der Waals surface area contributed by atoms with Gasteiger partial charge in [-0.05, 0) is 67.5 Å². The lowest BCUT2D eigenvalue weighted by atomic mass is 9.74. The highest BCUT2D eigenvalue weighted by molar-refractivity contribution is 6.30. The van der Waals surface area contributed by atoms with E-state index in [0.29, 0.717) is 19.1 Å². The van der Waals surface area contributed by atoms with Crippen LogP contribution in [0.25, 0.3) is 0 Å². The van der Waals surface area contributed by atoms with Crippen molar-refractivity contribution in [2.24, 2.45) is 0 Å². The van der Waals surface area contributed by atoms with Gasteiger partial charge in [0.1, 0.15) is 0 Å². The van der Waals surface area contributed by atoms with E-state index < -0.39 is 18.2 Å². The van der Waals surface area contributed by atoms with Gasteiger partial charge in [0.15, 0.2) is 0 Å². The van der Waals surface area contributed by atoms with Crippen molar-refractivity contribution in [1.29, 1.82) is 0 Å². The van der Waals surface area contributed by atoms with Crippen molar-refractivity contribution < 1.29 is 34.1 Å². The van der Waals surface area contributed by atoms with Crippen LogP contribution in [0.5, 0.6) is 0 Å². The summed E-state index contributed by atoms with van der Waals surface area (Å²) in [5, 5.41) is 18.7. The average Bonchev–Trinajstić information content (AvgIpc) is 3.41. The van der Waals surface area contributed by atoms with Crippen molar-refractivity contribution in [2.45, 2.75) is 56.8 Å². The Kier molecular flexibility index (Phi) is 9.27. The number of aliphatic carboxylic acids is 2. The fourth-order valence-electron chi connectivity index (χ4n) is 6.21. The van der Waals surface area contributed by atoms with Crippen molar-refractivity contribution in [1.82, 2.24) is 10.2 Å². The van der Waals surface area contributed by atoms with E-state index in [9.17, 15) is 4.79 Å². The number of hydrogen-bond donors (Lipinski definition) is 3. The number of nitrogens with one attached hydrogen (secondary N) is 1. The Morgan fingerprint density at radius 1 is 1.00 bits per heavy atom. The molecule has 9 nitrogen and oxygen atoms in total. The molecule has 2 aromatic carbocycles. The van der Waals surface area contributed by atoms with Crippen LogP contribution in [0.4, 0.5) is 0 Å². The molecule has 210 valence electrons. The number of amides is 1. The lowest BCUT2D eigenvalue weighted by molar-refractivity contribution is -0.171. The fourth-order valence-corrected chi connectivity index (χ4v) is 6.38. The first kappa shape index (κ1) is 29.0. The Morgan fingerprint density at radius 2 is 1.62 bits per heavy atom. The monoisotopic (exact) mass is 558 g/mol. The Balaban J connectivity index is 0.000000531. The van der Waals surface area contributed by atoms with Crippen LogP contribution in [-0.2, 0) is 29.3 Å². The number of piperidine rings is 1. The zero-order valence-electron chi connectivity index (χ0n) is 22.2. The third-order valence-electron chi connectivity index (χ3n) is 7.77. The van der Waals surface area contributed by atoms with Gasteiger partial charge in [0.2, 0.25) is 6.29 Å². The third-order valence-corrected chi connectivity index (χ3v) is 8.01. The molecule has 2 atom stereocenters. The highest BCUT2D eigenvalue weighted by atomic mass is 35.5. The first-order chi connectivity index (χ1) is 18.7. The zero-order chi connectivity index (χ0) is 28.2. The van der Waals surface area contributed by atoms with Gasteiger partial charge in [0.25, 0.3) is 5.91 Å². The first-order valence-electron chi connectivity index (χ1n) is 13.3. The molecule has 39 heavy (non-hydrogen) atoms. The second kappa shape index (κ2) is 12.5. The summed E-state index contributed by atoms with van der Waals surface area (Å²) in [6.07, 6.45) is 2.17. The molecule has 1 fully saturated rings. The van der Waals surface area contributed by atoms with E-state index in [1.54, 1.807) is 0 Å². The van der Waals surface area contributed by atoms with E-state index in [1.807, 2.05) is 19.9 Å². The molecular formula is C29H35ClN2O7. The molecule has 3 N–H and O–H groups in total. The van der Waals surface area contributed by atoms with Crippen LogP contribution in [0.1, 0.15) is 61.3 Å². The minimum Gasteiger partial charge on any atom is -0.473 e. The van der Waals surface area contributed by atoms with Crippen LogP contribution in [0, 0.1) is 0 Å². The molecule has 1 saturated heterocycles. The number of halogens is 1. The van der Waals surface area contributed by atoms with Crippen molar-refractivity contribution >= 4 is 29.4 Å². The minimum absolute atomic E-state index is 0.00655. The zero-order valence-corrected chi connectivity index (χ0v) is 22.9. The molecule has 1 heterocycles. The van der Waals surface area contributed by atoms with Gasteiger partial charge in [0.05, 0.1) is 0 Å². The molecule has 2 aliphatic carbocycles. The van der Waals surface area contributed by atoms with Gasteiger partial charge in [-0.1, -0.05) is 41.9 Å². The van der Waals surface area contributed by atoms with E-state index in [4.69, 9.17) is 40.9 Å². The van der Waals surface area contributed by atoms with Crippen LogP contribution in [0.2, 0.25) is 5.02 Å². The Hall–Kier alpha value is -2.98. The largest absolute Gasteiger partial charge is 0.473 e. The van der Waals surface area contributed by atoms with Crippen molar-refractivity contribution in [2.75, 3.05) is 32.8 Å². The number of carbonyl (C=O) groups excluding carboxylic acids is 1. The molecule has 10 heteroatoms. The second-order valence-corrected chi connectivity index (χ2v) is 10.5. The Morgan fingerprint density at radius 3 is 2.23 bits per heavy atom. The van der Waals surface area contributed by atoms with E-state index >= 15 is 0 Å². The summed E-state index contributed by atoms with van der Waals surface area (Å²) in [6, 6.07) is 15.6. The van der Waals surface area contributed by atoms with Crippen molar-refractivity contribution in [3.63, 3.8) is 0 Å². The molecule has 2 aromatic rings. The van der Waals surface area contributed by atoms with Gasteiger partial charge in [0, 0.05) is 55.2 Å². The number of fused-ring (bicyclic) bond motifs is 8. The number of rotatable bonds is 8. The summed E-state index contributed by atoms with van der Waals surface area (Å²) >= 11 is 6.46. The van der Waals surface area contributed by atoms with E-state index in [2.05, 4.69) is 46.6 Å². The number of ether oxygens (including phenoxy) is 2. The molecule has 1 aliphatic heterocycles. The SMILES string of the molecule is CCOC(OCC)C(=O)NC1CCN(C[C@@]23C[C@H](c4ccccc42)c2ccc(Cl)cc23)CC1.O=C(O)C(=O)O. The Labute approximate surface area is 233 Å². The summed E-state index contributed by atoms with van der Waals surface area (Å²) in [7, 11) is 0. The van der Waals surface area contributed by atoms with E-state index in [-0.39, 0.29) is 17.4 Å². The lowest BCUT2D eigenvalue weighted by Crippen LogP contribution is -2.50. The number of hydrogen-bond acceptors (Lipinski definition) is 6. The van der Waals surface area contributed by atoms with Gasteiger partial charge in [-0.3, -0.25) is 4.79 Å². The van der Waals surface area contributed by atoms with E-state index in [0.717, 1.165) is 43.9 Å². The first-order valence-corrected chi connectivity index (χ1v) is 13.7. The van der Waals surface area contributed by atoms with Crippen LogP contribution in [0.3, 0.4) is 0 Å². The van der Waals surface area contributed by atoms with Crippen LogP contribution < -0.4 is 5.32 Å². The quantitative estimate of drug-likeness (QED) is 0.331. The summed E-state index contributed by atoms with van der Waals surface area (Å²) in [6.45, 7) is 7.56. The van der Waals surface area contributed by atoms with Crippen LogP contribution >= 0.6 is 11.6 Å². The second-order valence-electron chi connectivity index (χ2n) is 10.1. The molecule has 0 radical (unpaired) electrons. The topological polar surface area (TPSA) is 125 Å². The minimum atomic E-state index is -1.82. The predicted molar refractivity (Wildman–Crippen MR) is 145 cm³/mol. The number of carboxylic acid groups (broad SMARTS) is 2. The van der Waals surface area contributed by atoms with Crippen molar-refractivity contribution in [3.8, 4) is 0 Å². The number of carboxylic acids is 2. The third kappa shape index (κ3) is 6.11. The highest BCUT2D eigenvalue weighted by Gasteiger charge is 2.53. The van der Waals surface area contributed by atoms with E-state index in [1.165, 1.54) is 22.3 Å². The van der Waals surface area contributed by atoms with Crippen LogP contribution in [-0.4, -0.2) is 78.1 Å². The lowest BCUT2D eigenvalue weighted by Gasteiger charge is -2.40. The van der Waals surface area contributed by atoms with Gasteiger partial charge < -0.3 is 29.9 Å². The van der Waals surface area contributed by atoms with Gasteiger partial charge in [-0.15, -0.1) is 0 Å². The van der Waals surface area contributed by atoms with Gasteiger partial charge in [-0.25, -0.2) is 9.59 Å². The maximum atomic E-state index is 12.6. The molecule has 2 bridgehead atoms. The standard InChI is InChI=1S/C27H33ClN2O3.C2H2O4/c1-3-32-26(33-4-2)25(31)29-19-11-13-30(14-12-19)17-27-16-22(20-7-5-6-8-23(20)27)21-10-9-18(28)15-24(21)27;3-1(4)2(5)6/h5-10,15,19,22,26H,3-4,11-14,16-17H2,1-2H3,(H,29,31);(H,3,4)(H,5,6)/t22-,27+;/m1./s1. The number of benzene rings is 2. The molecule has 3 aliphatic rings. The average molecular weight is 559 g/mol. The normalized spacial score (nSPS) is 21.6. The maximum absolute atomic E-state index is 12.6. The van der Waals surface area contributed by atoms with Crippen LogP contribution in [0.15, 0.2) is 42.5 Å². The molecule has 0 saturated carbocycles. The molecular weight excluding hydrogens is 524 g/mol. The van der Waals surface area contributed by atoms with Crippen molar-refractivity contribution in [3.05, 3.63) is 69.7 Å². The molecule has 0 spiro atoms. The number of nitrogens with zero attached hydrogens (tertiary/aromatic N) is 1. The fraction of sp³-hybridized carbons (Fsp3) is 0.483. The molecule has 0 aromatic heterocycles. The number of carbonyl (C=O) groups is 3. The predicted octanol–water partition coefficient (Wildman–Crippen LogP) is 3.61. The highest BCUT2D eigenvalue weighted by Crippen LogP contribution is 2.60. The summed E-state index contributed by atoms with van der Waals surface area (Å²) < 4.78 is 10.9. The Bertz CT molecular complexity index is 1200. The number of likely N-dealkylation sites (tertiary alicyclic amines) is 1. The van der Waals surface area contributed by atoms with Gasteiger partial charge in [-0.2, -0.15) is 0 Å². The van der Waals surface area contributed by atoms with Gasteiger partial charge >= 0.3 is 11.9 Å². The summed E-state index contributed by atoms with van der Waals surface area (Å²) in [4.78, 5) is 33.3. The smallest absolute Gasteiger partial charge is 0.414 e. The molecule has 0 unspecified atom stereocenters. The molecule has 5 rings (SSSR count). The summed E-state index contributed by atoms with van der Waals surface area (Å²) in [5.74, 6) is -3.34. The summed E-state index contributed by atoms with van der Waals surface area (Å²) in [5.41, 5.74) is 5.81. The molecule has 1 amide bonds.